The van der Waals surface area contributed by atoms with Gasteiger partial charge in [-0.05, 0) is 31.9 Å². The van der Waals surface area contributed by atoms with Crippen LogP contribution in [0.5, 0.6) is 5.75 Å². The molecule has 3 nitrogen and oxygen atoms in total. The van der Waals surface area contributed by atoms with Crippen LogP contribution in [-0.2, 0) is 0 Å². The van der Waals surface area contributed by atoms with Gasteiger partial charge in [-0.25, -0.2) is 0 Å². The van der Waals surface area contributed by atoms with E-state index in [0.29, 0.717) is 0 Å². The number of nitrogens with zero attached hydrogens (tertiary/aromatic N) is 1. The second-order valence-electron chi connectivity index (χ2n) is 4.87. The maximum atomic E-state index is 12.2. The van der Waals surface area contributed by atoms with E-state index in [4.69, 9.17) is 5.73 Å². The Balaban J connectivity index is 2.14. The van der Waals surface area contributed by atoms with Gasteiger partial charge in [0, 0.05) is 30.4 Å². The highest BCUT2D eigenvalue weighted by atomic mass is 19.4. The molecule has 1 aliphatic rings. The molecule has 106 valence electrons. The minimum atomic E-state index is -4.66. The van der Waals surface area contributed by atoms with E-state index in [1.54, 1.807) is 12.1 Å². The first kappa shape index (κ1) is 14.0. The van der Waals surface area contributed by atoms with E-state index in [2.05, 4.69) is 9.64 Å². The van der Waals surface area contributed by atoms with Gasteiger partial charge in [-0.2, -0.15) is 0 Å². The van der Waals surface area contributed by atoms with E-state index < -0.39 is 6.36 Å². The molecule has 2 N–H and O–H groups in total. The fourth-order valence-electron chi connectivity index (χ4n) is 2.45. The Labute approximate surface area is 110 Å². The topological polar surface area (TPSA) is 38.5 Å². The van der Waals surface area contributed by atoms with Gasteiger partial charge < -0.3 is 15.4 Å². The molecule has 0 aromatic heterocycles. The van der Waals surface area contributed by atoms with Crippen molar-refractivity contribution in [3.05, 3.63) is 24.3 Å². The van der Waals surface area contributed by atoms with E-state index >= 15 is 0 Å². The molecule has 1 fully saturated rings. The fraction of sp³-hybridized carbons (Fsp3) is 0.538. The second-order valence-corrected chi connectivity index (χ2v) is 4.87. The zero-order valence-corrected chi connectivity index (χ0v) is 10.7. The van der Waals surface area contributed by atoms with E-state index in [-0.39, 0.29) is 17.8 Å². The lowest BCUT2D eigenvalue weighted by atomic mass is 9.98. The van der Waals surface area contributed by atoms with Crippen LogP contribution >= 0.6 is 0 Å². The number of benzene rings is 1. The first-order chi connectivity index (χ1) is 8.85. The number of ether oxygens (including phenoxy) is 1. The van der Waals surface area contributed by atoms with Crippen molar-refractivity contribution in [2.24, 2.45) is 5.73 Å². The quantitative estimate of drug-likeness (QED) is 0.901. The van der Waals surface area contributed by atoms with Crippen molar-refractivity contribution in [2.75, 3.05) is 11.4 Å². The van der Waals surface area contributed by atoms with Crippen LogP contribution in [0.4, 0.5) is 18.9 Å². The number of hydrogen-bond donors (Lipinski definition) is 1. The van der Waals surface area contributed by atoms with Crippen LogP contribution in [0.15, 0.2) is 24.3 Å². The van der Waals surface area contributed by atoms with Gasteiger partial charge in [-0.15, -0.1) is 13.2 Å². The second kappa shape index (κ2) is 5.28. The summed E-state index contributed by atoms with van der Waals surface area (Å²) in [5.74, 6) is -0.188. The number of rotatable bonds is 2. The number of nitrogens with two attached hydrogens (primary N) is 1. The molecule has 2 rings (SSSR count). The van der Waals surface area contributed by atoms with Gasteiger partial charge in [0.2, 0.25) is 0 Å². The summed E-state index contributed by atoms with van der Waals surface area (Å²) < 4.78 is 40.5. The Morgan fingerprint density at radius 1 is 1.37 bits per heavy atom. The van der Waals surface area contributed by atoms with Crippen LogP contribution in [0, 0.1) is 0 Å². The average Bonchev–Trinajstić information content (AvgIpc) is 2.26. The molecule has 0 radical (unpaired) electrons. The lowest BCUT2D eigenvalue weighted by Gasteiger charge is -2.38. The summed E-state index contributed by atoms with van der Waals surface area (Å²) in [6, 6.07) is 6.46. The van der Waals surface area contributed by atoms with Crippen LogP contribution in [0.3, 0.4) is 0 Å². The number of piperidine rings is 1. The van der Waals surface area contributed by atoms with Crippen molar-refractivity contribution in [3.63, 3.8) is 0 Å². The molecular weight excluding hydrogens is 257 g/mol. The summed E-state index contributed by atoms with van der Waals surface area (Å²) in [5, 5.41) is 0. The fourth-order valence-corrected chi connectivity index (χ4v) is 2.45. The summed E-state index contributed by atoms with van der Waals surface area (Å²) in [6.07, 6.45) is -2.98. The molecule has 0 amide bonds. The predicted molar refractivity (Wildman–Crippen MR) is 67.1 cm³/mol. The average molecular weight is 274 g/mol. The Bertz CT molecular complexity index is 436. The van der Waals surface area contributed by atoms with Gasteiger partial charge in [-0.1, -0.05) is 6.07 Å². The highest BCUT2D eigenvalue weighted by Gasteiger charge is 2.31. The zero-order valence-electron chi connectivity index (χ0n) is 10.7. The molecule has 1 aromatic carbocycles. The van der Waals surface area contributed by atoms with Crippen molar-refractivity contribution in [1.29, 1.82) is 0 Å². The lowest BCUT2D eigenvalue weighted by Crippen LogP contribution is -2.45. The summed E-state index contributed by atoms with van der Waals surface area (Å²) in [7, 11) is 0. The van der Waals surface area contributed by atoms with Crippen LogP contribution < -0.4 is 15.4 Å². The monoisotopic (exact) mass is 274 g/mol. The SMILES string of the molecule is CC1CC(N)CCN1c1cccc(OC(F)(F)F)c1. The minimum absolute atomic E-state index is 0.167. The number of anilines is 1. The molecule has 19 heavy (non-hydrogen) atoms. The lowest BCUT2D eigenvalue weighted by molar-refractivity contribution is -0.274. The smallest absolute Gasteiger partial charge is 0.406 e. The minimum Gasteiger partial charge on any atom is -0.406 e. The Hall–Kier alpha value is -1.43. The molecule has 0 saturated carbocycles. The zero-order chi connectivity index (χ0) is 14.0. The molecule has 2 unspecified atom stereocenters. The molecule has 6 heteroatoms. The van der Waals surface area contributed by atoms with Crippen LogP contribution in [-0.4, -0.2) is 25.0 Å². The Morgan fingerprint density at radius 3 is 2.74 bits per heavy atom. The number of hydrogen-bond acceptors (Lipinski definition) is 3. The van der Waals surface area contributed by atoms with E-state index in [0.717, 1.165) is 25.1 Å². The molecule has 1 saturated heterocycles. The normalized spacial score (nSPS) is 24.4. The summed E-state index contributed by atoms with van der Waals surface area (Å²) in [6.45, 7) is 2.77. The molecule has 2 atom stereocenters. The molecule has 0 bridgehead atoms. The third-order valence-electron chi connectivity index (χ3n) is 3.30. The van der Waals surface area contributed by atoms with Crippen molar-refractivity contribution in [2.45, 2.75) is 38.2 Å². The number of halogens is 3. The summed E-state index contributed by atoms with van der Waals surface area (Å²) in [4.78, 5) is 2.06. The van der Waals surface area contributed by atoms with E-state index in [1.807, 2.05) is 6.92 Å². The van der Waals surface area contributed by atoms with Gasteiger partial charge in [-0.3, -0.25) is 0 Å². The summed E-state index contributed by atoms with van der Waals surface area (Å²) in [5.41, 5.74) is 6.62. The van der Waals surface area contributed by atoms with Crippen molar-refractivity contribution in [1.82, 2.24) is 0 Å². The highest BCUT2D eigenvalue weighted by molar-refractivity contribution is 5.52. The first-order valence-corrected chi connectivity index (χ1v) is 6.23. The van der Waals surface area contributed by atoms with Gasteiger partial charge in [0.15, 0.2) is 0 Å². The molecule has 1 aromatic rings. The standard InChI is InChI=1S/C13H17F3N2O/c1-9-7-10(17)5-6-18(9)11-3-2-4-12(8-11)19-13(14,15)16/h2-4,8-10H,5-7,17H2,1H3. The van der Waals surface area contributed by atoms with Gasteiger partial charge in [0.1, 0.15) is 5.75 Å². The molecule has 0 spiro atoms. The predicted octanol–water partition coefficient (Wildman–Crippen LogP) is 2.90. The largest absolute Gasteiger partial charge is 0.573 e. The van der Waals surface area contributed by atoms with Gasteiger partial charge in [0.05, 0.1) is 0 Å². The van der Waals surface area contributed by atoms with Gasteiger partial charge in [0.25, 0.3) is 0 Å². The maximum Gasteiger partial charge on any atom is 0.573 e. The third-order valence-corrected chi connectivity index (χ3v) is 3.30. The Kier molecular flexibility index (Phi) is 3.89. The molecule has 1 aliphatic heterocycles. The number of alkyl halides is 3. The van der Waals surface area contributed by atoms with Crippen LogP contribution in [0.1, 0.15) is 19.8 Å². The molecule has 1 heterocycles. The maximum absolute atomic E-state index is 12.2. The van der Waals surface area contributed by atoms with Crippen LogP contribution in [0.25, 0.3) is 0 Å². The van der Waals surface area contributed by atoms with Gasteiger partial charge >= 0.3 is 6.36 Å². The Morgan fingerprint density at radius 2 is 2.11 bits per heavy atom. The third kappa shape index (κ3) is 3.76. The summed E-state index contributed by atoms with van der Waals surface area (Å²) >= 11 is 0. The van der Waals surface area contributed by atoms with Crippen LogP contribution in [0.2, 0.25) is 0 Å². The van der Waals surface area contributed by atoms with E-state index in [1.165, 1.54) is 12.1 Å². The highest BCUT2D eigenvalue weighted by Crippen LogP contribution is 2.29. The van der Waals surface area contributed by atoms with Crippen molar-refractivity contribution < 1.29 is 17.9 Å². The molecular formula is C13H17F3N2O. The van der Waals surface area contributed by atoms with E-state index in [9.17, 15) is 13.2 Å². The van der Waals surface area contributed by atoms with Crippen molar-refractivity contribution >= 4 is 5.69 Å². The van der Waals surface area contributed by atoms with Crippen molar-refractivity contribution in [3.8, 4) is 5.75 Å². The molecule has 0 aliphatic carbocycles. The first-order valence-electron chi connectivity index (χ1n) is 6.23.